The van der Waals surface area contributed by atoms with Crippen molar-refractivity contribution in [3.63, 3.8) is 0 Å². The maximum absolute atomic E-state index is 9.38. The average Bonchev–Trinajstić information content (AvgIpc) is 2.15. The molecule has 0 aromatic heterocycles. The maximum atomic E-state index is 9.38. The quantitative estimate of drug-likeness (QED) is 0.593. The van der Waals surface area contributed by atoms with Gasteiger partial charge in [0.2, 0.25) is 0 Å². The molecule has 1 rings (SSSR count). The standard InChI is InChI=1S/C8H17NO/c1-6(2)3-7-4-9-5-8(7)10/h6-10H,3-5H2,1-2H3/t7-,8+/m1/s1. The van der Waals surface area contributed by atoms with Crippen molar-refractivity contribution in [2.45, 2.75) is 26.4 Å². The van der Waals surface area contributed by atoms with Crippen LogP contribution in [0.15, 0.2) is 0 Å². The van der Waals surface area contributed by atoms with E-state index in [1.807, 2.05) is 0 Å². The van der Waals surface area contributed by atoms with E-state index in [0.717, 1.165) is 19.5 Å². The van der Waals surface area contributed by atoms with Gasteiger partial charge in [-0.05, 0) is 18.3 Å². The second-order valence-electron chi connectivity index (χ2n) is 3.62. The van der Waals surface area contributed by atoms with Crippen molar-refractivity contribution < 1.29 is 5.11 Å². The number of nitrogens with one attached hydrogen (secondary N) is 1. The molecule has 0 aromatic carbocycles. The molecule has 0 radical (unpaired) electrons. The van der Waals surface area contributed by atoms with E-state index in [0.29, 0.717) is 11.8 Å². The number of aliphatic hydroxyl groups is 1. The molecular weight excluding hydrogens is 126 g/mol. The average molecular weight is 143 g/mol. The van der Waals surface area contributed by atoms with Crippen LogP contribution in [0.1, 0.15) is 20.3 Å². The summed E-state index contributed by atoms with van der Waals surface area (Å²) in [7, 11) is 0. The summed E-state index contributed by atoms with van der Waals surface area (Å²) in [5.74, 6) is 1.21. The normalized spacial score (nSPS) is 33.6. The zero-order chi connectivity index (χ0) is 7.56. The zero-order valence-corrected chi connectivity index (χ0v) is 6.80. The van der Waals surface area contributed by atoms with Crippen molar-refractivity contribution in [1.29, 1.82) is 0 Å². The predicted molar refractivity (Wildman–Crippen MR) is 41.8 cm³/mol. The van der Waals surface area contributed by atoms with Gasteiger partial charge in [-0.2, -0.15) is 0 Å². The van der Waals surface area contributed by atoms with Gasteiger partial charge in [0.25, 0.3) is 0 Å². The minimum Gasteiger partial charge on any atom is -0.391 e. The van der Waals surface area contributed by atoms with Crippen LogP contribution in [0.5, 0.6) is 0 Å². The Bertz CT molecular complexity index is 103. The molecule has 0 spiro atoms. The molecule has 1 heterocycles. The van der Waals surface area contributed by atoms with E-state index in [1.165, 1.54) is 0 Å². The van der Waals surface area contributed by atoms with Crippen molar-refractivity contribution in [2.24, 2.45) is 11.8 Å². The highest BCUT2D eigenvalue weighted by Crippen LogP contribution is 2.17. The molecule has 60 valence electrons. The van der Waals surface area contributed by atoms with Crippen molar-refractivity contribution in [1.82, 2.24) is 5.32 Å². The van der Waals surface area contributed by atoms with Gasteiger partial charge in [0.15, 0.2) is 0 Å². The van der Waals surface area contributed by atoms with Gasteiger partial charge in [-0.1, -0.05) is 13.8 Å². The van der Waals surface area contributed by atoms with Crippen LogP contribution >= 0.6 is 0 Å². The Morgan fingerprint density at radius 3 is 2.60 bits per heavy atom. The van der Waals surface area contributed by atoms with E-state index in [4.69, 9.17) is 0 Å². The first-order valence-corrected chi connectivity index (χ1v) is 4.09. The molecule has 2 heteroatoms. The zero-order valence-electron chi connectivity index (χ0n) is 6.80. The van der Waals surface area contributed by atoms with Crippen LogP contribution in [0.25, 0.3) is 0 Å². The molecule has 1 aliphatic heterocycles. The summed E-state index contributed by atoms with van der Waals surface area (Å²) in [4.78, 5) is 0. The van der Waals surface area contributed by atoms with Crippen molar-refractivity contribution in [2.75, 3.05) is 13.1 Å². The Balaban J connectivity index is 2.26. The highest BCUT2D eigenvalue weighted by Gasteiger charge is 2.24. The van der Waals surface area contributed by atoms with Crippen LogP contribution in [0.4, 0.5) is 0 Å². The first kappa shape index (κ1) is 8.02. The van der Waals surface area contributed by atoms with Crippen LogP contribution in [0, 0.1) is 11.8 Å². The monoisotopic (exact) mass is 143 g/mol. The number of β-amino-alcohol motifs (C(OH)–C–C–N with tert-alkyl or cyclic N) is 1. The third-order valence-electron chi connectivity index (χ3n) is 2.08. The summed E-state index contributed by atoms with van der Waals surface area (Å²) in [6, 6.07) is 0. The Morgan fingerprint density at radius 2 is 2.20 bits per heavy atom. The molecule has 0 aromatic rings. The fourth-order valence-electron chi connectivity index (χ4n) is 1.57. The minimum absolute atomic E-state index is 0.0950. The van der Waals surface area contributed by atoms with Gasteiger partial charge in [-0.3, -0.25) is 0 Å². The van der Waals surface area contributed by atoms with Crippen molar-refractivity contribution in [3.8, 4) is 0 Å². The molecule has 0 aliphatic carbocycles. The molecule has 1 fully saturated rings. The van der Waals surface area contributed by atoms with Crippen LogP contribution in [0.2, 0.25) is 0 Å². The molecular formula is C8H17NO. The number of hydrogen-bond acceptors (Lipinski definition) is 2. The van der Waals surface area contributed by atoms with Gasteiger partial charge >= 0.3 is 0 Å². The van der Waals surface area contributed by atoms with E-state index in [9.17, 15) is 5.11 Å². The molecule has 1 saturated heterocycles. The van der Waals surface area contributed by atoms with Crippen LogP contribution in [-0.4, -0.2) is 24.3 Å². The minimum atomic E-state index is -0.0950. The van der Waals surface area contributed by atoms with Gasteiger partial charge in [0.05, 0.1) is 6.10 Å². The molecule has 10 heavy (non-hydrogen) atoms. The molecule has 0 unspecified atom stereocenters. The first-order valence-electron chi connectivity index (χ1n) is 4.09. The van der Waals surface area contributed by atoms with Crippen molar-refractivity contribution in [3.05, 3.63) is 0 Å². The van der Waals surface area contributed by atoms with Crippen LogP contribution in [0.3, 0.4) is 0 Å². The second kappa shape index (κ2) is 3.35. The fraction of sp³-hybridized carbons (Fsp3) is 1.00. The lowest BCUT2D eigenvalue weighted by Gasteiger charge is -2.14. The molecule has 1 aliphatic rings. The lowest BCUT2D eigenvalue weighted by atomic mass is 9.95. The second-order valence-corrected chi connectivity index (χ2v) is 3.62. The Labute approximate surface area is 62.6 Å². The van der Waals surface area contributed by atoms with E-state index in [1.54, 1.807) is 0 Å². The lowest BCUT2D eigenvalue weighted by Crippen LogP contribution is -2.19. The highest BCUT2D eigenvalue weighted by atomic mass is 16.3. The summed E-state index contributed by atoms with van der Waals surface area (Å²) >= 11 is 0. The highest BCUT2D eigenvalue weighted by molar-refractivity contribution is 4.80. The van der Waals surface area contributed by atoms with Gasteiger partial charge in [-0.25, -0.2) is 0 Å². The topological polar surface area (TPSA) is 32.3 Å². The van der Waals surface area contributed by atoms with E-state index in [-0.39, 0.29) is 6.10 Å². The third kappa shape index (κ3) is 1.96. The van der Waals surface area contributed by atoms with Gasteiger partial charge in [0, 0.05) is 13.1 Å². The molecule has 0 bridgehead atoms. The fourth-order valence-corrected chi connectivity index (χ4v) is 1.57. The molecule has 2 nitrogen and oxygen atoms in total. The summed E-state index contributed by atoms with van der Waals surface area (Å²) in [6.45, 7) is 6.19. The van der Waals surface area contributed by atoms with Gasteiger partial charge < -0.3 is 10.4 Å². The largest absolute Gasteiger partial charge is 0.391 e. The Hall–Kier alpha value is -0.0800. The summed E-state index contributed by atoms with van der Waals surface area (Å²) in [6.07, 6.45) is 1.05. The lowest BCUT2D eigenvalue weighted by molar-refractivity contribution is 0.135. The Kier molecular flexibility index (Phi) is 2.69. The first-order chi connectivity index (χ1) is 4.70. The SMILES string of the molecule is CC(C)C[C@@H]1CNC[C@@H]1O. The summed E-state index contributed by atoms with van der Waals surface area (Å²) in [5, 5.41) is 12.6. The number of hydrogen-bond donors (Lipinski definition) is 2. The van der Waals surface area contributed by atoms with Crippen LogP contribution in [-0.2, 0) is 0 Å². The van der Waals surface area contributed by atoms with E-state index in [2.05, 4.69) is 19.2 Å². The molecule has 0 amide bonds. The molecule has 0 saturated carbocycles. The number of rotatable bonds is 2. The van der Waals surface area contributed by atoms with Crippen molar-refractivity contribution >= 4 is 0 Å². The molecule has 2 atom stereocenters. The predicted octanol–water partition coefficient (Wildman–Crippen LogP) is 0.613. The Morgan fingerprint density at radius 1 is 1.50 bits per heavy atom. The van der Waals surface area contributed by atoms with Gasteiger partial charge in [-0.15, -0.1) is 0 Å². The molecule has 2 N–H and O–H groups in total. The maximum Gasteiger partial charge on any atom is 0.0704 e. The third-order valence-corrected chi connectivity index (χ3v) is 2.08. The van der Waals surface area contributed by atoms with Gasteiger partial charge in [0.1, 0.15) is 0 Å². The number of aliphatic hydroxyl groups excluding tert-OH is 1. The van der Waals surface area contributed by atoms with Crippen LogP contribution < -0.4 is 5.32 Å². The smallest absolute Gasteiger partial charge is 0.0704 e. The summed E-state index contributed by atoms with van der Waals surface area (Å²) in [5.41, 5.74) is 0. The van der Waals surface area contributed by atoms with E-state index >= 15 is 0 Å². The summed E-state index contributed by atoms with van der Waals surface area (Å²) < 4.78 is 0. The van der Waals surface area contributed by atoms with E-state index < -0.39 is 0 Å².